The molecule has 0 atom stereocenters. The molecule has 0 saturated carbocycles. The van der Waals surface area contributed by atoms with E-state index < -0.39 is 5.97 Å². The van der Waals surface area contributed by atoms with Gasteiger partial charge in [0.15, 0.2) is 0 Å². The van der Waals surface area contributed by atoms with Gasteiger partial charge in [-0.05, 0) is 37.4 Å². The number of rotatable bonds is 10. The summed E-state index contributed by atoms with van der Waals surface area (Å²) in [6, 6.07) is 1.73. The van der Waals surface area contributed by atoms with Crippen LogP contribution >= 0.6 is 11.3 Å². The number of carbonyl (C=O) groups excluding carboxylic acids is 2. The lowest BCUT2D eigenvalue weighted by Crippen LogP contribution is -2.34. The molecule has 1 aromatic rings. The van der Waals surface area contributed by atoms with Crippen LogP contribution in [-0.4, -0.2) is 43.5 Å². The number of hydrogen-bond acceptors (Lipinski definition) is 5. The van der Waals surface area contributed by atoms with Crippen LogP contribution in [0.2, 0.25) is 0 Å². The van der Waals surface area contributed by atoms with E-state index in [4.69, 9.17) is 4.74 Å². The summed E-state index contributed by atoms with van der Waals surface area (Å²) in [5.74, 6) is -0.505. The first kappa shape index (κ1) is 18.6. The van der Waals surface area contributed by atoms with Crippen molar-refractivity contribution in [3.63, 3.8) is 0 Å². The Morgan fingerprint density at radius 1 is 1.23 bits per heavy atom. The molecule has 1 rings (SSSR count). The number of esters is 1. The summed E-state index contributed by atoms with van der Waals surface area (Å²) in [4.78, 5) is 26.4. The van der Waals surface area contributed by atoms with Gasteiger partial charge in [-0.3, -0.25) is 9.69 Å². The lowest BCUT2D eigenvalue weighted by atomic mass is 10.2. The van der Waals surface area contributed by atoms with Crippen molar-refractivity contribution < 1.29 is 14.3 Å². The van der Waals surface area contributed by atoms with Crippen molar-refractivity contribution in [3.05, 3.63) is 16.3 Å². The molecular weight excluding hydrogens is 300 g/mol. The maximum Gasteiger partial charge on any atom is 0.350 e. The largest absolute Gasteiger partial charge is 0.465 e. The van der Waals surface area contributed by atoms with E-state index in [1.54, 1.807) is 11.4 Å². The minimum atomic E-state index is -0.417. The van der Waals surface area contributed by atoms with Crippen LogP contribution in [0.1, 0.15) is 49.2 Å². The maximum atomic E-state index is 12.2. The van der Waals surface area contributed by atoms with Crippen molar-refractivity contribution in [3.8, 4) is 0 Å². The number of anilines is 1. The molecule has 0 bridgehead atoms. The molecule has 0 aromatic carbocycles. The molecule has 0 aliphatic rings. The third-order valence-corrected chi connectivity index (χ3v) is 4.23. The average molecular weight is 326 g/mol. The Labute approximate surface area is 136 Å². The molecule has 0 fully saturated rings. The number of thiophene rings is 1. The van der Waals surface area contributed by atoms with Crippen molar-refractivity contribution in [2.24, 2.45) is 0 Å². The molecule has 1 N–H and O–H groups in total. The lowest BCUT2D eigenvalue weighted by molar-refractivity contribution is -0.117. The summed E-state index contributed by atoms with van der Waals surface area (Å²) in [7, 11) is 1.34. The first-order valence-corrected chi connectivity index (χ1v) is 8.68. The first-order valence-electron chi connectivity index (χ1n) is 7.80. The van der Waals surface area contributed by atoms with E-state index in [1.165, 1.54) is 18.4 Å². The average Bonchev–Trinajstić information content (AvgIpc) is 2.97. The Hall–Kier alpha value is -1.40. The van der Waals surface area contributed by atoms with Gasteiger partial charge in [-0.15, -0.1) is 11.3 Å². The van der Waals surface area contributed by atoms with Crippen molar-refractivity contribution >= 4 is 28.9 Å². The minimum Gasteiger partial charge on any atom is -0.465 e. The Balaban J connectivity index is 2.59. The van der Waals surface area contributed by atoms with E-state index in [9.17, 15) is 9.59 Å². The maximum absolute atomic E-state index is 12.2. The SMILES string of the molecule is CCCCN(CCCC)CC(=O)Nc1ccsc1C(=O)OC. The summed E-state index contributed by atoms with van der Waals surface area (Å²) < 4.78 is 4.71. The highest BCUT2D eigenvalue weighted by Gasteiger charge is 2.17. The molecule has 22 heavy (non-hydrogen) atoms. The number of methoxy groups -OCH3 is 1. The molecule has 124 valence electrons. The highest BCUT2D eigenvalue weighted by Crippen LogP contribution is 2.23. The fraction of sp³-hybridized carbons (Fsp3) is 0.625. The normalized spacial score (nSPS) is 10.7. The van der Waals surface area contributed by atoms with Gasteiger partial charge in [0.2, 0.25) is 5.91 Å². The van der Waals surface area contributed by atoms with Crippen LogP contribution < -0.4 is 5.32 Å². The van der Waals surface area contributed by atoms with Gasteiger partial charge in [-0.2, -0.15) is 0 Å². The number of ether oxygens (including phenoxy) is 1. The van der Waals surface area contributed by atoms with Gasteiger partial charge in [0.05, 0.1) is 19.3 Å². The molecule has 1 heterocycles. The van der Waals surface area contributed by atoms with Crippen LogP contribution in [0.5, 0.6) is 0 Å². The van der Waals surface area contributed by atoms with E-state index in [1.807, 2.05) is 0 Å². The highest BCUT2D eigenvalue weighted by molar-refractivity contribution is 7.12. The van der Waals surface area contributed by atoms with E-state index in [0.29, 0.717) is 17.1 Å². The molecule has 0 unspecified atom stereocenters. The molecule has 6 heteroatoms. The Morgan fingerprint density at radius 3 is 2.41 bits per heavy atom. The zero-order chi connectivity index (χ0) is 16.4. The van der Waals surface area contributed by atoms with Gasteiger partial charge in [0, 0.05) is 0 Å². The Morgan fingerprint density at radius 2 is 1.86 bits per heavy atom. The molecule has 1 aromatic heterocycles. The molecular formula is C16H26N2O3S. The summed E-state index contributed by atoms with van der Waals surface area (Å²) >= 11 is 1.27. The van der Waals surface area contributed by atoms with Crippen LogP contribution in [-0.2, 0) is 9.53 Å². The van der Waals surface area contributed by atoms with Crippen molar-refractivity contribution in [2.45, 2.75) is 39.5 Å². The molecule has 0 spiro atoms. The van der Waals surface area contributed by atoms with E-state index >= 15 is 0 Å². The summed E-state index contributed by atoms with van der Waals surface area (Å²) in [6.07, 6.45) is 4.40. The minimum absolute atomic E-state index is 0.0873. The topological polar surface area (TPSA) is 58.6 Å². The standard InChI is InChI=1S/C16H26N2O3S/c1-4-6-9-18(10-7-5-2)12-14(19)17-13-8-11-22-15(13)16(20)21-3/h8,11H,4-7,9-10,12H2,1-3H3,(H,17,19). The number of amides is 1. The second-order valence-corrected chi connectivity index (χ2v) is 6.10. The van der Waals surface area contributed by atoms with Crippen molar-refractivity contribution in [2.75, 3.05) is 32.1 Å². The zero-order valence-corrected chi connectivity index (χ0v) is 14.5. The Kier molecular flexibility index (Phi) is 8.77. The number of nitrogens with one attached hydrogen (secondary N) is 1. The molecule has 0 saturated heterocycles. The third-order valence-electron chi connectivity index (χ3n) is 3.33. The van der Waals surface area contributed by atoms with Gasteiger partial charge >= 0.3 is 5.97 Å². The summed E-state index contributed by atoms with van der Waals surface area (Å²) in [6.45, 7) is 6.50. The predicted octanol–water partition coefficient (Wildman–Crippen LogP) is 3.38. The zero-order valence-electron chi connectivity index (χ0n) is 13.7. The molecule has 1 amide bonds. The van der Waals surface area contributed by atoms with Crippen LogP contribution in [0.15, 0.2) is 11.4 Å². The van der Waals surface area contributed by atoms with E-state index in [2.05, 4.69) is 24.1 Å². The number of hydrogen-bond donors (Lipinski definition) is 1. The third kappa shape index (κ3) is 6.15. The number of unbranched alkanes of at least 4 members (excludes halogenated alkanes) is 2. The summed E-state index contributed by atoms with van der Waals surface area (Å²) in [5.41, 5.74) is 0.535. The van der Waals surface area contributed by atoms with E-state index in [0.717, 1.165) is 38.8 Å². The monoisotopic (exact) mass is 326 g/mol. The van der Waals surface area contributed by atoms with Crippen LogP contribution in [0.25, 0.3) is 0 Å². The van der Waals surface area contributed by atoms with Crippen molar-refractivity contribution in [1.29, 1.82) is 0 Å². The second-order valence-electron chi connectivity index (χ2n) is 5.19. The van der Waals surface area contributed by atoms with Gasteiger partial charge in [0.25, 0.3) is 0 Å². The highest BCUT2D eigenvalue weighted by atomic mass is 32.1. The van der Waals surface area contributed by atoms with Crippen LogP contribution in [0, 0.1) is 0 Å². The fourth-order valence-corrected chi connectivity index (χ4v) is 2.85. The first-order chi connectivity index (χ1) is 10.6. The number of nitrogens with zero attached hydrogens (tertiary/aromatic N) is 1. The molecule has 0 aliphatic carbocycles. The van der Waals surface area contributed by atoms with Crippen LogP contribution in [0.3, 0.4) is 0 Å². The quantitative estimate of drug-likeness (QED) is 0.670. The summed E-state index contributed by atoms with van der Waals surface area (Å²) in [5, 5.41) is 4.59. The van der Waals surface area contributed by atoms with Gasteiger partial charge in [-0.25, -0.2) is 4.79 Å². The lowest BCUT2D eigenvalue weighted by Gasteiger charge is -2.21. The molecule has 0 radical (unpaired) electrons. The second kappa shape index (κ2) is 10.3. The van der Waals surface area contributed by atoms with Gasteiger partial charge in [0.1, 0.15) is 4.88 Å². The molecule has 5 nitrogen and oxygen atoms in total. The van der Waals surface area contributed by atoms with Gasteiger partial charge in [-0.1, -0.05) is 26.7 Å². The smallest absolute Gasteiger partial charge is 0.350 e. The molecule has 0 aliphatic heterocycles. The number of carbonyl (C=O) groups is 2. The fourth-order valence-electron chi connectivity index (χ4n) is 2.08. The Bertz CT molecular complexity index is 466. The van der Waals surface area contributed by atoms with E-state index in [-0.39, 0.29) is 5.91 Å². The van der Waals surface area contributed by atoms with Crippen molar-refractivity contribution in [1.82, 2.24) is 4.90 Å². The van der Waals surface area contributed by atoms with Gasteiger partial charge < -0.3 is 10.1 Å². The van der Waals surface area contributed by atoms with Crippen LogP contribution in [0.4, 0.5) is 5.69 Å². The predicted molar refractivity (Wildman–Crippen MR) is 90.5 cm³/mol.